The molecule has 2 atom stereocenters. The van der Waals surface area contributed by atoms with Crippen LogP contribution in [-0.2, 0) is 4.74 Å². The lowest BCUT2D eigenvalue weighted by Gasteiger charge is -2.35. The third kappa shape index (κ3) is 7.37. The number of carbonyl (C=O) groups excluding carboxylic acids is 1. The van der Waals surface area contributed by atoms with Gasteiger partial charge in [0.25, 0.3) is 0 Å². The molecule has 1 aliphatic heterocycles. The molecule has 0 bridgehead atoms. The molecule has 1 fully saturated rings. The highest BCUT2D eigenvalue weighted by atomic mass is 16.6. The fourth-order valence-electron chi connectivity index (χ4n) is 3.87. The molecule has 25 heavy (non-hydrogen) atoms. The first-order valence-corrected chi connectivity index (χ1v) is 9.81. The van der Waals surface area contributed by atoms with Gasteiger partial charge in [-0.15, -0.1) is 0 Å². The minimum Gasteiger partial charge on any atom is -0.444 e. The maximum Gasteiger partial charge on any atom is 0.410 e. The molecule has 2 rings (SSSR count). The summed E-state index contributed by atoms with van der Waals surface area (Å²) in [5.41, 5.74) is 1.13. The number of carbonyl (C=O) groups is 1. The summed E-state index contributed by atoms with van der Waals surface area (Å²) in [5.74, 6) is 1.51. The second-order valence-electron chi connectivity index (χ2n) is 8.81. The van der Waals surface area contributed by atoms with Crippen molar-refractivity contribution in [1.82, 2.24) is 15.1 Å². The Morgan fingerprint density at radius 1 is 1.28 bits per heavy atom. The minimum atomic E-state index is -0.414. The van der Waals surface area contributed by atoms with E-state index in [2.05, 4.69) is 30.1 Å². The zero-order valence-electron chi connectivity index (χ0n) is 16.8. The van der Waals surface area contributed by atoms with Gasteiger partial charge in [0.15, 0.2) is 0 Å². The highest BCUT2D eigenvalue weighted by Crippen LogP contribution is 2.27. The monoisotopic (exact) mass is 351 g/mol. The van der Waals surface area contributed by atoms with Crippen molar-refractivity contribution in [3.63, 3.8) is 0 Å². The number of allylic oxidation sites excluding steroid dienone is 2. The third-order valence-corrected chi connectivity index (χ3v) is 4.95. The zero-order chi connectivity index (χ0) is 18.4. The van der Waals surface area contributed by atoms with Crippen LogP contribution in [0.3, 0.4) is 0 Å². The number of amides is 1. The molecule has 2 unspecified atom stereocenters. The van der Waals surface area contributed by atoms with Gasteiger partial charge in [0.05, 0.1) is 0 Å². The van der Waals surface area contributed by atoms with E-state index >= 15 is 0 Å². The van der Waals surface area contributed by atoms with E-state index in [0.29, 0.717) is 0 Å². The molecule has 0 radical (unpaired) electrons. The van der Waals surface area contributed by atoms with Gasteiger partial charge in [0.2, 0.25) is 0 Å². The summed E-state index contributed by atoms with van der Waals surface area (Å²) in [7, 11) is 0. The molecule has 0 aromatic carbocycles. The van der Waals surface area contributed by atoms with Gasteiger partial charge in [-0.3, -0.25) is 4.90 Å². The van der Waals surface area contributed by atoms with Crippen molar-refractivity contribution >= 4 is 6.09 Å². The number of nitrogens with one attached hydrogen (secondary N) is 1. The molecule has 1 amide bonds. The lowest BCUT2D eigenvalue weighted by molar-refractivity contribution is 0.0146. The number of piperazine rings is 1. The van der Waals surface area contributed by atoms with Crippen LogP contribution in [0.25, 0.3) is 0 Å². The van der Waals surface area contributed by atoms with Gasteiger partial charge in [0, 0.05) is 39.3 Å². The van der Waals surface area contributed by atoms with Gasteiger partial charge in [-0.2, -0.15) is 0 Å². The average molecular weight is 352 g/mol. The summed E-state index contributed by atoms with van der Waals surface area (Å²) in [6, 6.07) is 0. The Bertz CT molecular complexity index is 462. The van der Waals surface area contributed by atoms with Gasteiger partial charge < -0.3 is 15.0 Å². The van der Waals surface area contributed by atoms with Crippen molar-refractivity contribution in [1.29, 1.82) is 0 Å². The summed E-state index contributed by atoms with van der Waals surface area (Å²) in [5, 5.41) is 3.63. The van der Waals surface area contributed by atoms with Crippen molar-refractivity contribution in [3.8, 4) is 0 Å². The van der Waals surface area contributed by atoms with Gasteiger partial charge >= 0.3 is 6.09 Å². The van der Waals surface area contributed by atoms with E-state index in [-0.39, 0.29) is 6.09 Å². The van der Waals surface area contributed by atoms with E-state index in [0.717, 1.165) is 57.6 Å². The second kappa shape index (κ2) is 9.04. The minimum absolute atomic E-state index is 0.180. The zero-order valence-corrected chi connectivity index (χ0v) is 16.8. The van der Waals surface area contributed by atoms with Gasteiger partial charge in [-0.05, 0) is 58.9 Å². The Morgan fingerprint density at radius 3 is 2.56 bits per heavy atom. The number of ether oxygens (including phenoxy) is 1. The lowest BCUT2D eigenvalue weighted by Crippen LogP contribution is -2.51. The smallest absolute Gasteiger partial charge is 0.410 e. The van der Waals surface area contributed by atoms with Crippen LogP contribution in [0.4, 0.5) is 4.79 Å². The predicted molar refractivity (Wildman–Crippen MR) is 103 cm³/mol. The fourth-order valence-corrected chi connectivity index (χ4v) is 3.87. The predicted octanol–water partition coefficient (Wildman–Crippen LogP) is 3.12. The summed E-state index contributed by atoms with van der Waals surface area (Å²) < 4.78 is 5.45. The maximum atomic E-state index is 12.1. The van der Waals surface area contributed by atoms with Crippen LogP contribution in [0.5, 0.6) is 0 Å². The third-order valence-electron chi connectivity index (χ3n) is 4.95. The molecule has 1 heterocycles. The molecule has 0 aromatic heterocycles. The Labute approximate surface area is 153 Å². The molecule has 0 aromatic rings. The molecule has 1 N–H and O–H groups in total. The standard InChI is InChI=1S/C20H37N3O2/c1-16-12-17(2)14-18(13-16)15-21-6-7-22-8-10-23(11-9-22)19(24)25-20(3,4)5/h12,16,18,21H,6-11,13-15H2,1-5H3. The normalized spacial score (nSPS) is 25.6. The van der Waals surface area contributed by atoms with E-state index in [4.69, 9.17) is 4.74 Å². The van der Waals surface area contributed by atoms with Crippen LogP contribution in [-0.4, -0.2) is 67.3 Å². The van der Waals surface area contributed by atoms with Crippen molar-refractivity contribution in [2.24, 2.45) is 11.8 Å². The lowest BCUT2D eigenvalue weighted by atomic mass is 9.84. The van der Waals surface area contributed by atoms with E-state index < -0.39 is 5.60 Å². The van der Waals surface area contributed by atoms with Gasteiger partial charge in [0.1, 0.15) is 5.60 Å². The Hall–Kier alpha value is -1.07. The molecule has 2 aliphatic rings. The summed E-state index contributed by atoms with van der Waals surface area (Å²) >= 11 is 0. The second-order valence-corrected chi connectivity index (χ2v) is 8.81. The maximum absolute atomic E-state index is 12.1. The van der Waals surface area contributed by atoms with Crippen LogP contribution in [0.2, 0.25) is 0 Å². The van der Waals surface area contributed by atoms with E-state index in [1.807, 2.05) is 25.7 Å². The van der Waals surface area contributed by atoms with Crippen LogP contribution < -0.4 is 5.32 Å². The van der Waals surface area contributed by atoms with E-state index in [1.165, 1.54) is 12.8 Å². The Morgan fingerprint density at radius 2 is 1.96 bits per heavy atom. The van der Waals surface area contributed by atoms with Crippen LogP contribution in [0.15, 0.2) is 11.6 Å². The number of hydrogen-bond acceptors (Lipinski definition) is 4. The molecular weight excluding hydrogens is 314 g/mol. The molecule has 5 heteroatoms. The van der Waals surface area contributed by atoms with Crippen molar-refractivity contribution < 1.29 is 9.53 Å². The number of hydrogen-bond donors (Lipinski definition) is 1. The topological polar surface area (TPSA) is 44.8 Å². The summed E-state index contributed by atoms with van der Waals surface area (Å²) in [6.07, 6.45) is 4.78. The van der Waals surface area contributed by atoms with Gasteiger partial charge in [-0.25, -0.2) is 4.79 Å². The van der Waals surface area contributed by atoms with E-state index in [9.17, 15) is 4.79 Å². The number of rotatable bonds is 5. The van der Waals surface area contributed by atoms with Gasteiger partial charge in [-0.1, -0.05) is 18.6 Å². The van der Waals surface area contributed by atoms with Crippen LogP contribution >= 0.6 is 0 Å². The molecule has 0 spiro atoms. The van der Waals surface area contributed by atoms with Crippen molar-refractivity contribution in [2.45, 2.75) is 53.1 Å². The molecule has 0 saturated carbocycles. The van der Waals surface area contributed by atoms with Crippen molar-refractivity contribution in [3.05, 3.63) is 11.6 Å². The highest BCUT2D eigenvalue weighted by molar-refractivity contribution is 5.68. The first-order valence-electron chi connectivity index (χ1n) is 9.81. The van der Waals surface area contributed by atoms with E-state index in [1.54, 1.807) is 5.57 Å². The first-order chi connectivity index (χ1) is 11.7. The number of nitrogens with zero attached hydrogens (tertiary/aromatic N) is 2. The molecular formula is C20H37N3O2. The first kappa shape index (κ1) is 20.2. The van der Waals surface area contributed by atoms with Crippen LogP contribution in [0.1, 0.15) is 47.5 Å². The van der Waals surface area contributed by atoms with Crippen molar-refractivity contribution in [2.75, 3.05) is 45.8 Å². The molecule has 144 valence electrons. The molecule has 5 nitrogen and oxygen atoms in total. The summed E-state index contributed by atoms with van der Waals surface area (Å²) in [4.78, 5) is 16.3. The summed E-state index contributed by atoms with van der Waals surface area (Å²) in [6.45, 7) is 16.9. The SMILES string of the molecule is CC1=CC(C)CC(CNCCN2CCN(C(=O)OC(C)(C)C)CC2)C1. The fraction of sp³-hybridized carbons (Fsp3) is 0.850. The largest absolute Gasteiger partial charge is 0.444 e. The van der Waals surface area contributed by atoms with Crippen LogP contribution in [0, 0.1) is 11.8 Å². The Balaban J connectivity index is 1.58. The quantitative estimate of drug-likeness (QED) is 0.611. The average Bonchev–Trinajstić information content (AvgIpc) is 2.49. The Kier molecular flexibility index (Phi) is 7.32. The molecule has 1 saturated heterocycles. The molecule has 1 aliphatic carbocycles. The highest BCUT2D eigenvalue weighted by Gasteiger charge is 2.25.